The molecule has 0 aliphatic carbocycles. The molecule has 1 heterocycles. The number of nitrogens with one attached hydrogen (secondary N) is 1. The lowest BCUT2D eigenvalue weighted by Crippen LogP contribution is -2.11. The van der Waals surface area contributed by atoms with E-state index in [-0.39, 0.29) is 0 Å². The first-order valence-corrected chi connectivity index (χ1v) is 7.43. The van der Waals surface area contributed by atoms with Crippen molar-refractivity contribution >= 4 is 11.3 Å². The first-order valence-electron chi connectivity index (χ1n) is 6.62. The van der Waals surface area contributed by atoms with Crippen LogP contribution in [0.4, 0.5) is 0 Å². The van der Waals surface area contributed by atoms with E-state index in [0.29, 0.717) is 0 Å². The molecule has 0 fully saturated rings. The highest BCUT2D eigenvalue weighted by atomic mass is 32.1. The zero-order valence-electron chi connectivity index (χ0n) is 11.7. The second kappa shape index (κ2) is 6.68. The van der Waals surface area contributed by atoms with Crippen molar-refractivity contribution in [2.75, 3.05) is 13.7 Å². The third-order valence-corrected chi connectivity index (χ3v) is 4.13. The molecule has 2 rings (SSSR count). The number of methoxy groups -OCH3 is 1. The van der Waals surface area contributed by atoms with Crippen molar-refractivity contribution in [3.63, 3.8) is 0 Å². The number of benzene rings is 1. The third kappa shape index (κ3) is 3.33. The topological polar surface area (TPSA) is 34.1 Å². The van der Waals surface area contributed by atoms with Crippen molar-refractivity contribution in [1.82, 2.24) is 10.3 Å². The molecule has 19 heavy (non-hydrogen) atoms. The van der Waals surface area contributed by atoms with Gasteiger partial charge in [0.05, 0.1) is 12.8 Å². The van der Waals surface area contributed by atoms with E-state index in [1.54, 1.807) is 18.4 Å². The minimum atomic E-state index is 0.879. The summed E-state index contributed by atoms with van der Waals surface area (Å²) >= 11 is 1.78. The van der Waals surface area contributed by atoms with Crippen molar-refractivity contribution in [1.29, 1.82) is 0 Å². The highest BCUT2D eigenvalue weighted by Gasteiger charge is 2.10. The van der Waals surface area contributed by atoms with Crippen LogP contribution in [0.2, 0.25) is 0 Å². The van der Waals surface area contributed by atoms with Gasteiger partial charge in [-0.2, -0.15) is 0 Å². The number of nitrogens with zero attached hydrogens (tertiary/aromatic N) is 1. The molecule has 0 amide bonds. The van der Waals surface area contributed by atoms with Crippen molar-refractivity contribution in [3.05, 3.63) is 34.8 Å². The third-order valence-electron chi connectivity index (χ3n) is 2.99. The lowest BCUT2D eigenvalue weighted by molar-refractivity contribution is 0.415. The Hall–Kier alpha value is -1.39. The molecule has 0 aliphatic heterocycles. The molecule has 0 radical (unpaired) electrons. The summed E-state index contributed by atoms with van der Waals surface area (Å²) in [4.78, 5) is 6.09. The maximum Gasteiger partial charge on any atom is 0.123 e. The standard InChI is InChI=1S/C15H20N2OS/c1-4-13-14(10-16-5-2)19-15(17-13)11-6-8-12(18-3)9-7-11/h6-9,16H,4-5,10H2,1-3H3. The monoisotopic (exact) mass is 276 g/mol. The molecule has 0 unspecified atom stereocenters. The average Bonchev–Trinajstić information content (AvgIpc) is 2.88. The van der Waals surface area contributed by atoms with Gasteiger partial charge in [-0.3, -0.25) is 0 Å². The molecule has 0 bridgehead atoms. The maximum atomic E-state index is 5.18. The van der Waals surface area contributed by atoms with E-state index in [2.05, 4.69) is 31.3 Å². The molecular weight excluding hydrogens is 256 g/mol. The fourth-order valence-corrected chi connectivity index (χ4v) is 3.02. The molecular formula is C15H20N2OS. The summed E-state index contributed by atoms with van der Waals surface area (Å²) in [6, 6.07) is 8.08. The normalized spacial score (nSPS) is 10.7. The van der Waals surface area contributed by atoms with Crippen LogP contribution in [0.3, 0.4) is 0 Å². The quantitative estimate of drug-likeness (QED) is 0.877. The number of aromatic nitrogens is 1. The van der Waals surface area contributed by atoms with Gasteiger partial charge in [0.1, 0.15) is 10.8 Å². The summed E-state index contributed by atoms with van der Waals surface area (Å²) in [5, 5.41) is 4.46. The van der Waals surface area contributed by atoms with Crippen LogP contribution in [0.25, 0.3) is 10.6 Å². The van der Waals surface area contributed by atoms with Crippen LogP contribution in [0.5, 0.6) is 5.75 Å². The van der Waals surface area contributed by atoms with Gasteiger partial charge in [-0.1, -0.05) is 13.8 Å². The van der Waals surface area contributed by atoms with Crippen molar-refractivity contribution in [2.45, 2.75) is 26.8 Å². The Labute approximate surface area is 118 Å². The zero-order chi connectivity index (χ0) is 13.7. The van der Waals surface area contributed by atoms with Crippen LogP contribution in [-0.2, 0) is 13.0 Å². The molecule has 102 valence electrons. The summed E-state index contributed by atoms with van der Waals surface area (Å²) < 4.78 is 5.18. The second-order valence-electron chi connectivity index (χ2n) is 4.25. The smallest absolute Gasteiger partial charge is 0.123 e. The molecule has 0 atom stereocenters. The van der Waals surface area contributed by atoms with Gasteiger partial charge in [0.2, 0.25) is 0 Å². The van der Waals surface area contributed by atoms with Gasteiger partial charge in [0.25, 0.3) is 0 Å². The van der Waals surface area contributed by atoms with E-state index in [0.717, 1.165) is 35.8 Å². The second-order valence-corrected chi connectivity index (χ2v) is 5.33. The molecule has 0 aliphatic rings. The van der Waals surface area contributed by atoms with Crippen LogP contribution in [0.1, 0.15) is 24.4 Å². The predicted molar refractivity (Wildman–Crippen MR) is 80.9 cm³/mol. The van der Waals surface area contributed by atoms with Crippen molar-refractivity contribution < 1.29 is 4.74 Å². The number of rotatable bonds is 6. The largest absolute Gasteiger partial charge is 0.497 e. The molecule has 3 nitrogen and oxygen atoms in total. The Kier molecular flexibility index (Phi) is 4.93. The Morgan fingerprint density at radius 2 is 1.95 bits per heavy atom. The number of hydrogen-bond donors (Lipinski definition) is 1. The molecule has 4 heteroatoms. The van der Waals surface area contributed by atoms with E-state index < -0.39 is 0 Å². The fourth-order valence-electron chi connectivity index (χ4n) is 1.89. The van der Waals surface area contributed by atoms with E-state index in [9.17, 15) is 0 Å². The summed E-state index contributed by atoms with van der Waals surface area (Å²) in [6.45, 7) is 6.17. The van der Waals surface area contributed by atoms with E-state index in [4.69, 9.17) is 9.72 Å². The highest BCUT2D eigenvalue weighted by Crippen LogP contribution is 2.29. The van der Waals surface area contributed by atoms with E-state index >= 15 is 0 Å². The van der Waals surface area contributed by atoms with E-state index in [1.807, 2.05) is 12.1 Å². The summed E-state index contributed by atoms with van der Waals surface area (Å²) in [5.74, 6) is 0.879. The van der Waals surface area contributed by atoms with Gasteiger partial charge in [0.15, 0.2) is 0 Å². The first kappa shape index (κ1) is 14.0. The minimum absolute atomic E-state index is 0.879. The fraction of sp³-hybridized carbons (Fsp3) is 0.400. The molecule has 1 N–H and O–H groups in total. The summed E-state index contributed by atoms with van der Waals surface area (Å²) in [6.07, 6.45) is 0.980. The van der Waals surface area contributed by atoms with Gasteiger partial charge in [-0.05, 0) is 37.2 Å². The minimum Gasteiger partial charge on any atom is -0.497 e. The number of thiazole rings is 1. The molecule has 1 aromatic carbocycles. The lowest BCUT2D eigenvalue weighted by atomic mass is 10.2. The molecule has 1 aromatic heterocycles. The molecule has 2 aromatic rings. The zero-order valence-corrected chi connectivity index (χ0v) is 12.5. The van der Waals surface area contributed by atoms with Crippen LogP contribution in [-0.4, -0.2) is 18.6 Å². The Morgan fingerprint density at radius 1 is 1.21 bits per heavy atom. The number of hydrogen-bond acceptors (Lipinski definition) is 4. The van der Waals surface area contributed by atoms with Gasteiger partial charge < -0.3 is 10.1 Å². The predicted octanol–water partition coefficient (Wildman–Crippen LogP) is 3.49. The first-order chi connectivity index (χ1) is 9.28. The van der Waals surface area contributed by atoms with Gasteiger partial charge >= 0.3 is 0 Å². The average molecular weight is 276 g/mol. The van der Waals surface area contributed by atoms with Crippen LogP contribution >= 0.6 is 11.3 Å². The van der Waals surface area contributed by atoms with E-state index in [1.165, 1.54) is 10.6 Å². The lowest BCUT2D eigenvalue weighted by Gasteiger charge is -2.00. The number of aryl methyl sites for hydroxylation is 1. The summed E-state index contributed by atoms with van der Waals surface area (Å²) in [5.41, 5.74) is 2.36. The Balaban J connectivity index is 2.25. The summed E-state index contributed by atoms with van der Waals surface area (Å²) in [7, 11) is 1.68. The van der Waals surface area contributed by atoms with Crippen LogP contribution < -0.4 is 10.1 Å². The highest BCUT2D eigenvalue weighted by molar-refractivity contribution is 7.15. The Bertz CT molecular complexity index is 519. The van der Waals surface area contributed by atoms with Gasteiger partial charge in [-0.25, -0.2) is 4.98 Å². The van der Waals surface area contributed by atoms with Crippen LogP contribution in [0.15, 0.2) is 24.3 Å². The molecule has 0 saturated carbocycles. The van der Waals surface area contributed by atoms with Crippen LogP contribution in [0, 0.1) is 0 Å². The SMILES string of the molecule is CCNCc1sc(-c2ccc(OC)cc2)nc1CC. The molecule has 0 spiro atoms. The number of ether oxygens (including phenoxy) is 1. The van der Waals surface area contributed by atoms with Gasteiger partial charge in [0, 0.05) is 17.0 Å². The van der Waals surface area contributed by atoms with Gasteiger partial charge in [-0.15, -0.1) is 11.3 Å². The van der Waals surface area contributed by atoms with Crippen molar-refractivity contribution in [2.24, 2.45) is 0 Å². The molecule has 0 saturated heterocycles. The van der Waals surface area contributed by atoms with Crippen molar-refractivity contribution in [3.8, 4) is 16.3 Å². The Morgan fingerprint density at radius 3 is 2.53 bits per heavy atom. The maximum absolute atomic E-state index is 5.18.